The van der Waals surface area contributed by atoms with Crippen LogP contribution in [-0.4, -0.2) is 48.6 Å². The van der Waals surface area contributed by atoms with Gasteiger partial charge < -0.3 is 5.32 Å². The molecular weight excluding hydrogens is 258 g/mol. The highest BCUT2D eigenvalue weighted by Crippen LogP contribution is 2.22. The zero-order valence-corrected chi connectivity index (χ0v) is 13.4. The van der Waals surface area contributed by atoms with Gasteiger partial charge in [0.25, 0.3) is 0 Å². The molecule has 0 radical (unpaired) electrons. The fraction of sp³-hybridized carbons (Fsp3) is 0.667. The van der Waals surface area contributed by atoms with Gasteiger partial charge in [0.15, 0.2) is 0 Å². The molecule has 2 aliphatic heterocycles. The second kappa shape index (κ2) is 7.39. The maximum atomic E-state index is 3.46. The molecule has 1 unspecified atom stereocenters. The standard InChI is InChI=1S/C18H29N3/c1-2-9-19-13-16-5-7-17(8-6-16)14-20-11-12-21-10-3-4-18(21)15-20/h5-8,18-19H,2-4,9-15H2,1H3. The zero-order valence-electron chi connectivity index (χ0n) is 13.4. The summed E-state index contributed by atoms with van der Waals surface area (Å²) in [5, 5.41) is 3.46. The van der Waals surface area contributed by atoms with Crippen LogP contribution in [0.15, 0.2) is 24.3 Å². The van der Waals surface area contributed by atoms with Gasteiger partial charge in [-0.05, 0) is 43.5 Å². The fourth-order valence-electron chi connectivity index (χ4n) is 3.63. The molecule has 2 saturated heterocycles. The minimum Gasteiger partial charge on any atom is -0.313 e. The molecule has 0 amide bonds. The van der Waals surface area contributed by atoms with Crippen LogP contribution in [0, 0.1) is 0 Å². The van der Waals surface area contributed by atoms with Crippen molar-refractivity contribution in [3.8, 4) is 0 Å². The van der Waals surface area contributed by atoms with E-state index in [0.29, 0.717) is 0 Å². The Balaban J connectivity index is 1.48. The van der Waals surface area contributed by atoms with Crippen LogP contribution >= 0.6 is 0 Å². The predicted octanol–water partition coefficient (Wildman–Crippen LogP) is 2.47. The monoisotopic (exact) mass is 287 g/mol. The first kappa shape index (κ1) is 15.0. The lowest BCUT2D eigenvalue weighted by atomic mass is 10.1. The van der Waals surface area contributed by atoms with Gasteiger partial charge in [0, 0.05) is 38.8 Å². The molecule has 116 valence electrons. The third-order valence-corrected chi connectivity index (χ3v) is 4.86. The summed E-state index contributed by atoms with van der Waals surface area (Å²) in [6.07, 6.45) is 4.00. The van der Waals surface area contributed by atoms with Gasteiger partial charge in [-0.1, -0.05) is 31.2 Å². The normalized spacial score (nSPS) is 23.4. The molecule has 3 rings (SSSR count). The van der Waals surface area contributed by atoms with Gasteiger partial charge in [-0.3, -0.25) is 9.80 Å². The van der Waals surface area contributed by atoms with Crippen molar-refractivity contribution in [2.24, 2.45) is 0 Å². The van der Waals surface area contributed by atoms with Gasteiger partial charge in [0.1, 0.15) is 0 Å². The van der Waals surface area contributed by atoms with Gasteiger partial charge in [0.05, 0.1) is 0 Å². The second-order valence-corrected chi connectivity index (χ2v) is 6.56. The Hall–Kier alpha value is -0.900. The van der Waals surface area contributed by atoms with E-state index in [0.717, 1.165) is 25.7 Å². The second-order valence-electron chi connectivity index (χ2n) is 6.56. The van der Waals surface area contributed by atoms with Crippen molar-refractivity contribution < 1.29 is 0 Å². The molecule has 2 fully saturated rings. The molecule has 2 aliphatic rings. The van der Waals surface area contributed by atoms with Gasteiger partial charge >= 0.3 is 0 Å². The minimum absolute atomic E-state index is 0.830. The molecule has 1 atom stereocenters. The smallest absolute Gasteiger partial charge is 0.0234 e. The van der Waals surface area contributed by atoms with Crippen molar-refractivity contribution in [2.45, 2.75) is 45.3 Å². The zero-order chi connectivity index (χ0) is 14.5. The Bertz CT molecular complexity index is 429. The van der Waals surface area contributed by atoms with Crippen LogP contribution in [0.25, 0.3) is 0 Å². The third kappa shape index (κ3) is 4.06. The first-order valence-electron chi connectivity index (χ1n) is 8.60. The summed E-state index contributed by atoms with van der Waals surface area (Å²) in [6, 6.07) is 10.0. The van der Waals surface area contributed by atoms with Crippen LogP contribution in [0.4, 0.5) is 0 Å². The van der Waals surface area contributed by atoms with Crippen LogP contribution in [0.1, 0.15) is 37.3 Å². The van der Waals surface area contributed by atoms with Gasteiger partial charge in [-0.25, -0.2) is 0 Å². The molecule has 3 heteroatoms. The summed E-state index contributed by atoms with van der Waals surface area (Å²) < 4.78 is 0. The van der Waals surface area contributed by atoms with E-state index >= 15 is 0 Å². The number of nitrogens with zero attached hydrogens (tertiary/aromatic N) is 2. The van der Waals surface area contributed by atoms with E-state index in [1.165, 1.54) is 56.6 Å². The third-order valence-electron chi connectivity index (χ3n) is 4.86. The lowest BCUT2D eigenvalue weighted by Crippen LogP contribution is -2.49. The largest absolute Gasteiger partial charge is 0.313 e. The van der Waals surface area contributed by atoms with E-state index in [-0.39, 0.29) is 0 Å². The lowest BCUT2D eigenvalue weighted by Gasteiger charge is -2.37. The number of nitrogens with one attached hydrogen (secondary N) is 1. The first-order valence-corrected chi connectivity index (χ1v) is 8.60. The molecule has 1 N–H and O–H groups in total. The number of benzene rings is 1. The van der Waals surface area contributed by atoms with Crippen LogP contribution in [0.5, 0.6) is 0 Å². The van der Waals surface area contributed by atoms with Crippen LogP contribution in [0.2, 0.25) is 0 Å². The van der Waals surface area contributed by atoms with Gasteiger partial charge in [0.2, 0.25) is 0 Å². The molecule has 0 bridgehead atoms. The minimum atomic E-state index is 0.830. The Morgan fingerprint density at radius 2 is 1.90 bits per heavy atom. The highest BCUT2D eigenvalue weighted by molar-refractivity contribution is 5.22. The molecule has 2 heterocycles. The van der Waals surface area contributed by atoms with Crippen molar-refractivity contribution >= 4 is 0 Å². The summed E-state index contributed by atoms with van der Waals surface area (Å²) in [5.41, 5.74) is 2.86. The lowest BCUT2D eigenvalue weighted by molar-refractivity contribution is 0.0994. The Kier molecular flexibility index (Phi) is 5.28. The Morgan fingerprint density at radius 3 is 2.71 bits per heavy atom. The molecule has 0 spiro atoms. The van der Waals surface area contributed by atoms with E-state index in [4.69, 9.17) is 0 Å². The topological polar surface area (TPSA) is 18.5 Å². The van der Waals surface area contributed by atoms with Crippen molar-refractivity contribution in [1.82, 2.24) is 15.1 Å². The van der Waals surface area contributed by atoms with Gasteiger partial charge in [-0.2, -0.15) is 0 Å². The van der Waals surface area contributed by atoms with Crippen LogP contribution in [-0.2, 0) is 13.1 Å². The molecule has 3 nitrogen and oxygen atoms in total. The predicted molar refractivity (Wildman–Crippen MR) is 88.3 cm³/mol. The summed E-state index contributed by atoms with van der Waals surface area (Å²) in [6.45, 7) is 10.5. The average molecular weight is 287 g/mol. The number of hydrogen-bond acceptors (Lipinski definition) is 3. The molecule has 1 aromatic rings. The number of piperazine rings is 1. The van der Waals surface area contributed by atoms with Crippen molar-refractivity contribution in [3.05, 3.63) is 35.4 Å². The van der Waals surface area contributed by atoms with E-state index in [1.807, 2.05) is 0 Å². The summed E-state index contributed by atoms with van der Waals surface area (Å²) in [5.74, 6) is 0. The Labute approximate surface area is 129 Å². The quantitative estimate of drug-likeness (QED) is 0.811. The highest BCUT2D eigenvalue weighted by atomic mass is 15.3. The summed E-state index contributed by atoms with van der Waals surface area (Å²) in [7, 11) is 0. The number of hydrogen-bond donors (Lipinski definition) is 1. The van der Waals surface area contributed by atoms with E-state index in [9.17, 15) is 0 Å². The maximum absolute atomic E-state index is 3.46. The summed E-state index contributed by atoms with van der Waals surface area (Å²) >= 11 is 0. The highest BCUT2D eigenvalue weighted by Gasteiger charge is 2.30. The molecule has 0 saturated carbocycles. The Morgan fingerprint density at radius 1 is 1.10 bits per heavy atom. The number of rotatable bonds is 6. The van der Waals surface area contributed by atoms with E-state index < -0.39 is 0 Å². The SMILES string of the molecule is CCCNCc1ccc(CN2CCN3CCCC3C2)cc1. The van der Waals surface area contributed by atoms with Crippen molar-refractivity contribution in [3.63, 3.8) is 0 Å². The fourth-order valence-corrected chi connectivity index (χ4v) is 3.63. The van der Waals surface area contributed by atoms with Crippen LogP contribution in [0.3, 0.4) is 0 Å². The first-order chi connectivity index (χ1) is 10.3. The number of fused-ring (bicyclic) bond motifs is 1. The van der Waals surface area contributed by atoms with E-state index in [2.05, 4.69) is 46.3 Å². The maximum Gasteiger partial charge on any atom is 0.0234 e. The summed E-state index contributed by atoms with van der Waals surface area (Å²) in [4.78, 5) is 5.32. The van der Waals surface area contributed by atoms with E-state index in [1.54, 1.807) is 0 Å². The molecule has 0 aliphatic carbocycles. The van der Waals surface area contributed by atoms with Crippen molar-refractivity contribution in [2.75, 3.05) is 32.7 Å². The average Bonchev–Trinajstić information content (AvgIpc) is 2.97. The molecule has 1 aromatic carbocycles. The molecular formula is C18H29N3. The van der Waals surface area contributed by atoms with Gasteiger partial charge in [-0.15, -0.1) is 0 Å². The molecule has 21 heavy (non-hydrogen) atoms. The van der Waals surface area contributed by atoms with Crippen LogP contribution < -0.4 is 5.32 Å². The molecule has 0 aromatic heterocycles. The van der Waals surface area contributed by atoms with Crippen molar-refractivity contribution in [1.29, 1.82) is 0 Å².